The van der Waals surface area contributed by atoms with Crippen molar-refractivity contribution in [1.29, 1.82) is 0 Å². The fraction of sp³-hybridized carbons (Fsp3) is 0.385. The lowest BCUT2D eigenvalue weighted by Crippen LogP contribution is -2.15. The topological polar surface area (TPSA) is 47.0 Å². The molecule has 1 aliphatic rings. The average molecular weight is 264 g/mol. The van der Waals surface area contributed by atoms with Gasteiger partial charge in [0.2, 0.25) is 0 Å². The van der Waals surface area contributed by atoms with Gasteiger partial charge < -0.3 is 10.1 Å². The molecular formula is C13H14ClN3O. The van der Waals surface area contributed by atoms with Crippen LogP contribution in [0.25, 0.3) is 10.8 Å². The van der Waals surface area contributed by atoms with Crippen molar-refractivity contribution in [2.45, 2.75) is 6.42 Å². The molecule has 0 saturated carbocycles. The molecule has 2 heterocycles. The molecule has 0 radical (unpaired) electrons. The number of aromatic nitrogens is 2. The fourth-order valence-electron chi connectivity index (χ4n) is 2.19. The Morgan fingerprint density at radius 1 is 1.28 bits per heavy atom. The molecule has 0 spiro atoms. The van der Waals surface area contributed by atoms with Gasteiger partial charge in [-0.2, -0.15) is 0 Å². The third-order valence-corrected chi connectivity index (χ3v) is 3.50. The van der Waals surface area contributed by atoms with E-state index in [4.69, 9.17) is 16.3 Å². The number of ether oxygens (including phenoxy) is 1. The fourth-order valence-corrected chi connectivity index (χ4v) is 2.39. The van der Waals surface area contributed by atoms with Crippen LogP contribution < -0.4 is 5.32 Å². The maximum atomic E-state index is 6.03. The van der Waals surface area contributed by atoms with Gasteiger partial charge in [-0.25, -0.2) is 0 Å². The summed E-state index contributed by atoms with van der Waals surface area (Å²) in [7, 11) is 0. The Hall–Kier alpha value is -1.39. The molecule has 1 atom stereocenters. The van der Waals surface area contributed by atoms with Gasteiger partial charge >= 0.3 is 0 Å². The molecule has 0 bridgehead atoms. The van der Waals surface area contributed by atoms with Crippen LogP contribution in [-0.4, -0.2) is 30.0 Å². The third kappa shape index (κ3) is 2.26. The summed E-state index contributed by atoms with van der Waals surface area (Å²) in [5, 5.41) is 13.8. The molecule has 1 aromatic carbocycles. The van der Waals surface area contributed by atoms with Gasteiger partial charge in [0.1, 0.15) is 0 Å². The van der Waals surface area contributed by atoms with E-state index in [0.717, 1.165) is 42.8 Å². The van der Waals surface area contributed by atoms with Crippen molar-refractivity contribution in [3.8, 4) is 0 Å². The first-order chi connectivity index (χ1) is 8.84. The Morgan fingerprint density at radius 2 is 2.11 bits per heavy atom. The number of fused-ring (bicyclic) bond motifs is 1. The van der Waals surface area contributed by atoms with Crippen LogP contribution >= 0.6 is 11.6 Å². The van der Waals surface area contributed by atoms with Crippen LogP contribution in [0.5, 0.6) is 0 Å². The Morgan fingerprint density at radius 3 is 2.89 bits per heavy atom. The molecular weight excluding hydrogens is 250 g/mol. The maximum Gasteiger partial charge on any atom is 0.159 e. The zero-order valence-electron chi connectivity index (χ0n) is 9.90. The molecule has 0 amide bonds. The van der Waals surface area contributed by atoms with Gasteiger partial charge in [0.05, 0.1) is 6.61 Å². The number of anilines is 1. The van der Waals surface area contributed by atoms with Crippen molar-refractivity contribution in [3.63, 3.8) is 0 Å². The summed E-state index contributed by atoms with van der Waals surface area (Å²) in [6.07, 6.45) is 1.10. The second-order valence-electron chi connectivity index (χ2n) is 4.50. The quantitative estimate of drug-likeness (QED) is 0.925. The molecule has 1 aromatic heterocycles. The molecule has 3 rings (SSSR count). The van der Waals surface area contributed by atoms with E-state index in [1.807, 2.05) is 24.3 Å². The summed E-state index contributed by atoms with van der Waals surface area (Å²) in [6, 6.07) is 7.88. The highest BCUT2D eigenvalue weighted by Crippen LogP contribution is 2.26. The van der Waals surface area contributed by atoms with Crippen LogP contribution in [0, 0.1) is 5.92 Å². The molecule has 1 fully saturated rings. The van der Waals surface area contributed by atoms with Crippen molar-refractivity contribution in [1.82, 2.24) is 10.2 Å². The summed E-state index contributed by atoms with van der Waals surface area (Å²) >= 11 is 6.03. The van der Waals surface area contributed by atoms with Crippen molar-refractivity contribution in [2.75, 3.05) is 25.1 Å². The highest BCUT2D eigenvalue weighted by atomic mass is 35.5. The second kappa shape index (κ2) is 5.08. The van der Waals surface area contributed by atoms with Gasteiger partial charge in [0.25, 0.3) is 0 Å². The van der Waals surface area contributed by atoms with Crippen molar-refractivity contribution < 1.29 is 4.74 Å². The standard InChI is InChI=1S/C13H14ClN3O/c14-12-10-3-1-2-4-11(10)13(17-16-12)15-7-9-5-6-18-8-9/h1-4,9H,5-8H2,(H,15,17). The predicted octanol–water partition coefficient (Wildman–Crippen LogP) is 2.73. The van der Waals surface area contributed by atoms with E-state index in [-0.39, 0.29) is 0 Å². The number of halogens is 1. The molecule has 18 heavy (non-hydrogen) atoms. The molecule has 1 N–H and O–H groups in total. The number of benzene rings is 1. The van der Waals surface area contributed by atoms with Gasteiger partial charge in [0.15, 0.2) is 11.0 Å². The first-order valence-corrected chi connectivity index (χ1v) is 6.45. The Labute approximate surface area is 110 Å². The average Bonchev–Trinajstić information content (AvgIpc) is 2.92. The maximum absolute atomic E-state index is 6.03. The van der Waals surface area contributed by atoms with Crippen molar-refractivity contribution >= 4 is 28.2 Å². The van der Waals surface area contributed by atoms with Gasteiger partial charge in [0, 0.05) is 29.8 Å². The molecule has 2 aromatic rings. The predicted molar refractivity (Wildman–Crippen MR) is 72.0 cm³/mol. The SMILES string of the molecule is Clc1nnc(NCC2CCOC2)c2ccccc12. The minimum Gasteiger partial charge on any atom is -0.381 e. The molecule has 0 aliphatic carbocycles. The highest BCUT2D eigenvalue weighted by Gasteiger charge is 2.16. The Bertz CT molecular complexity index is 555. The first kappa shape index (κ1) is 11.7. The van der Waals surface area contributed by atoms with Crippen molar-refractivity contribution in [2.24, 2.45) is 5.92 Å². The smallest absolute Gasteiger partial charge is 0.159 e. The van der Waals surface area contributed by atoms with E-state index in [1.54, 1.807) is 0 Å². The molecule has 4 nitrogen and oxygen atoms in total. The summed E-state index contributed by atoms with van der Waals surface area (Å²) in [5.74, 6) is 1.35. The number of rotatable bonds is 3. The van der Waals surface area contributed by atoms with Crippen LogP contribution in [0.3, 0.4) is 0 Å². The van der Waals surface area contributed by atoms with Crippen LogP contribution in [0.2, 0.25) is 5.15 Å². The molecule has 94 valence electrons. The zero-order chi connectivity index (χ0) is 12.4. The lowest BCUT2D eigenvalue weighted by atomic mass is 10.1. The molecule has 5 heteroatoms. The number of nitrogens with one attached hydrogen (secondary N) is 1. The van der Waals surface area contributed by atoms with Crippen molar-refractivity contribution in [3.05, 3.63) is 29.4 Å². The zero-order valence-corrected chi connectivity index (χ0v) is 10.7. The summed E-state index contributed by atoms with van der Waals surface area (Å²) < 4.78 is 5.35. The monoisotopic (exact) mass is 263 g/mol. The Balaban J connectivity index is 1.85. The summed E-state index contributed by atoms with van der Waals surface area (Å²) in [4.78, 5) is 0. The summed E-state index contributed by atoms with van der Waals surface area (Å²) in [5.41, 5.74) is 0. The van der Waals surface area contributed by atoms with Crippen LogP contribution in [0.1, 0.15) is 6.42 Å². The van der Waals surface area contributed by atoms with Crippen LogP contribution in [0.4, 0.5) is 5.82 Å². The minimum absolute atomic E-state index is 0.445. The number of hydrogen-bond acceptors (Lipinski definition) is 4. The minimum atomic E-state index is 0.445. The van der Waals surface area contributed by atoms with E-state index < -0.39 is 0 Å². The first-order valence-electron chi connectivity index (χ1n) is 6.07. The lowest BCUT2D eigenvalue weighted by Gasteiger charge is -2.11. The van der Waals surface area contributed by atoms with Gasteiger partial charge in [-0.3, -0.25) is 0 Å². The lowest BCUT2D eigenvalue weighted by molar-refractivity contribution is 0.187. The van der Waals surface area contributed by atoms with Crippen LogP contribution in [0.15, 0.2) is 24.3 Å². The van der Waals surface area contributed by atoms with E-state index in [2.05, 4.69) is 15.5 Å². The van der Waals surface area contributed by atoms with E-state index in [9.17, 15) is 0 Å². The molecule has 1 unspecified atom stereocenters. The van der Waals surface area contributed by atoms with Gasteiger partial charge in [-0.15, -0.1) is 10.2 Å². The molecule has 1 aliphatic heterocycles. The van der Waals surface area contributed by atoms with Gasteiger partial charge in [-0.1, -0.05) is 35.9 Å². The van der Waals surface area contributed by atoms with Gasteiger partial charge in [-0.05, 0) is 6.42 Å². The van der Waals surface area contributed by atoms with Crippen LogP contribution in [-0.2, 0) is 4.74 Å². The Kier molecular flexibility index (Phi) is 3.30. The normalized spacial score (nSPS) is 19.3. The number of nitrogens with zero attached hydrogens (tertiary/aromatic N) is 2. The second-order valence-corrected chi connectivity index (χ2v) is 4.85. The van der Waals surface area contributed by atoms with E-state index in [0.29, 0.717) is 11.1 Å². The van der Waals surface area contributed by atoms with E-state index >= 15 is 0 Å². The highest BCUT2D eigenvalue weighted by molar-refractivity contribution is 6.34. The largest absolute Gasteiger partial charge is 0.381 e. The van der Waals surface area contributed by atoms with E-state index in [1.165, 1.54) is 0 Å². The molecule has 1 saturated heterocycles. The number of hydrogen-bond donors (Lipinski definition) is 1. The summed E-state index contributed by atoms with van der Waals surface area (Å²) in [6.45, 7) is 2.55. The third-order valence-electron chi connectivity index (χ3n) is 3.22.